The SMILES string of the molecule is C[C@H](NC(=O)[C@H]1C[C@H](Cc2ccc(-c3ccccc3)cc2)CN1)C(=O)NCc1cnc2[nH]cc(Cl)c2c1. The zero-order chi connectivity index (χ0) is 25.8. The van der Waals surface area contributed by atoms with E-state index in [1.54, 1.807) is 19.3 Å². The van der Waals surface area contributed by atoms with Crippen molar-refractivity contribution in [2.24, 2.45) is 5.92 Å². The number of H-pyrrole nitrogens is 1. The molecule has 1 fully saturated rings. The van der Waals surface area contributed by atoms with E-state index in [0.717, 1.165) is 30.3 Å². The molecule has 4 aromatic rings. The van der Waals surface area contributed by atoms with Gasteiger partial charge in [0.05, 0.1) is 11.1 Å². The number of carbonyl (C=O) groups excluding carboxylic acids is 2. The van der Waals surface area contributed by atoms with Crippen LogP contribution < -0.4 is 16.0 Å². The molecule has 0 spiro atoms. The minimum Gasteiger partial charge on any atom is -0.350 e. The number of halogens is 1. The van der Waals surface area contributed by atoms with Gasteiger partial charge in [-0.15, -0.1) is 0 Å². The second-order valence-electron chi connectivity index (χ2n) is 9.65. The third-order valence-electron chi connectivity index (χ3n) is 6.88. The van der Waals surface area contributed by atoms with Crippen molar-refractivity contribution in [2.75, 3.05) is 6.54 Å². The third kappa shape index (κ3) is 6.01. The van der Waals surface area contributed by atoms with Gasteiger partial charge in [-0.25, -0.2) is 4.98 Å². The summed E-state index contributed by atoms with van der Waals surface area (Å²) in [4.78, 5) is 32.7. The molecule has 7 nitrogen and oxygen atoms in total. The highest BCUT2D eigenvalue weighted by Crippen LogP contribution is 2.24. The van der Waals surface area contributed by atoms with Gasteiger partial charge in [-0.3, -0.25) is 9.59 Å². The molecule has 2 aromatic heterocycles. The summed E-state index contributed by atoms with van der Waals surface area (Å²) < 4.78 is 0. The Kier molecular flexibility index (Phi) is 7.53. The average Bonchev–Trinajstić information content (AvgIpc) is 3.54. The molecule has 4 N–H and O–H groups in total. The molecular weight excluding hydrogens is 486 g/mol. The lowest BCUT2D eigenvalue weighted by Gasteiger charge is -2.17. The van der Waals surface area contributed by atoms with Crippen molar-refractivity contribution in [3.63, 3.8) is 0 Å². The Bertz CT molecular complexity index is 1390. The summed E-state index contributed by atoms with van der Waals surface area (Å²) >= 11 is 6.15. The number of rotatable bonds is 8. The van der Waals surface area contributed by atoms with Gasteiger partial charge in [0.25, 0.3) is 0 Å². The predicted octanol–water partition coefficient (Wildman–Crippen LogP) is 4.23. The molecular formula is C29H30ClN5O2. The van der Waals surface area contributed by atoms with Crippen LogP contribution in [0, 0.1) is 5.92 Å². The molecule has 0 aliphatic carbocycles. The van der Waals surface area contributed by atoms with Gasteiger partial charge < -0.3 is 20.9 Å². The minimum atomic E-state index is -0.647. The molecule has 8 heteroatoms. The molecule has 0 radical (unpaired) electrons. The zero-order valence-electron chi connectivity index (χ0n) is 20.6. The van der Waals surface area contributed by atoms with Gasteiger partial charge in [-0.1, -0.05) is 66.2 Å². The molecule has 0 saturated carbocycles. The first-order valence-corrected chi connectivity index (χ1v) is 12.9. The molecule has 190 valence electrons. The highest BCUT2D eigenvalue weighted by atomic mass is 35.5. The quantitative estimate of drug-likeness (QED) is 0.282. The standard InChI is InChI=1S/C29H30ClN5O2/c1-18(28(36)34-16-21-12-24-25(30)17-33-27(24)32-15-21)35-29(37)26-13-20(14-31-26)11-19-7-9-23(10-8-19)22-5-3-2-4-6-22/h2-10,12,15,17-18,20,26,31H,11,13-14,16H2,1H3,(H,32,33)(H,34,36)(H,35,37)/t18-,20-,26+/m0/s1. The van der Waals surface area contributed by atoms with Crippen molar-refractivity contribution in [1.82, 2.24) is 25.9 Å². The maximum absolute atomic E-state index is 12.8. The number of carbonyl (C=O) groups is 2. The Hall–Kier alpha value is -3.68. The number of nitrogens with one attached hydrogen (secondary N) is 4. The van der Waals surface area contributed by atoms with E-state index in [9.17, 15) is 9.59 Å². The van der Waals surface area contributed by atoms with E-state index in [4.69, 9.17) is 11.6 Å². The van der Waals surface area contributed by atoms with E-state index < -0.39 is 6.04 Å². The molecule has 1 aliphatic rings. The second-order valence-corrected chi connectivity index (χ2v) is 10.1. The van der Waals surface area contributed by atoms with Crippen molar-refractivity contribution in [3.8, 4) is 11.1 Å². The number of pyridine rings is 1. The smallest absolute Gasteiger partial charge is 0.242 e. The number of hydrogen-bond acceptors (Lipinski definition) is 4. The number of aromatic amines is 1. The first-order valence-electron chi connectivity index (χ1n) is 12.5. The van der Waals surface area contributed by atoms with Crippen LogP contribution in [-0.2, 0) is 22.6 Å². The van der Waals surface area contributed by atoms with Crippen LogP contribution in [0.1, 0.15) is 24.5 Å². The summed E-state index contributed by atoms with van der Waals surface area (Å²) in [6.07, 6.45) is 5.02. The van der Waals surface area contributed by atoms with E-state index in [1.165, 1.54) is 16.7 Å². The average molecular weight is 516 g/mol. The van der Waals surface area contributed by atoms with Crippen molar-refractivity contribution >= 4 is 34.4 Å². The molecule has 0 unspecified atom stereocenters. The fourth-order valence-electron chi connectivity index (χ4n) is 4.79. The van der Waals surface area contributed by atoms with E-state index in [-0.39, 0.29) is 17.9 Å². The molecule has 0 bridgehead atoms. The van der Waals surface area contributed by atoms with Crippen LogP contribution in [0.3, 0.4) is 0 Å². The van der Waals surface area contributed by atoms with Crippen LogP contribution in [0.25, 0.3) is 22.2 Å². The largest absolute Gasteiger partial charge is 0.350 e. The van der Waals surface area contributed by atoms with Crippen LogP contribution in [0.5, 0.6) is 0 Å². The van der Waals surface area contributed by atoms with Gasteiger partial charge in [0.1, 0.15) is 11.7 Å². The van der Waals surface area contributed by atoms with Crippen LogP contribution in [0.15, 0.2) is 73.1 Å². The summed E-state index contributed by atoms with van der Waals surface area (Å²) in [6, 6.07) is 19.9. The van der Waals surface area contributed by atoms with Crippen LogP contribution in [-0.4, -0.2) is 40.4 Å². The second kappa shape index (κ2) is 11.2. The molecule has 3 atom stereocenters. The topological polar surface area (TPSA) is 98.9 Å². The van der Waals surface area contributed by atoms with Gasteiger partial charge in [0.2, 0.25) is 11.8 Å². The lowest BCUT2D eigenvalue weighted by Crippen LogP contribution is -2.49. The van der Waals surface area contributed by atoms with E-state index in [1.807, 2.05) is 24.3 Å². The van der Waals surface area contributed by atoms with Gasteiger partial charge in [0.15, 0.2) is 0 Å². The van der Waals surface area contributed by atoms with E-state index >= 15 is 0 Å². The summed E-state index contributed by atoms with van der Waals surface area (Å²) in [5, 5.41) is 10.4. The van der Waals surface area contributed by atoms with E-state index in [2.05, 4.69) is 62.3 Å². The number of aromatic nitrogens is 2. The number of amides is 2. The summed E-state index contributed by atoms with van der Waals surface area (Å²) in [5.41, 5.74) is 5.19. The Morgan fingerprint density at radius 2 is 1.84 bits per heavy atom. The molecule has 37 heavy (non-hydrogen) atoms. The van der Waals surface area contributed by atoms with Gasteiger partial charge >= 0.3 is 0 Å². The summed E-state index contributed by atoms with van der Waals surface area (Å²) in [7, 11) is 0. The fourth-order valence-corrected chi connectivity index (χ4v) is 4.99. The number of fused-ring (bicyclic) bond motifs is 1. The Labute approximate surface area is 221 Å². The lowest BCUT2D eigenvalue weighted by molar-refractivity contribution is -0.129. The van der Waals surface area contributed by atoms with Crippen molar-refractivity contribution in [2.45, 2.75) is 38.4 Å². The monoisotopic (exact) mass is 515 g/mol. The molecule has 1 saturated heterocycles. The first kappa shape index (κ1) is 25.0. The maximum atomic E-state index is 12.8. The van der Waals surface area contributed by atoms with Gasteiger partial charge in [-0.05, 0) is 60.5 Å². The first-order chi connectivity index (χ1) is 18.0. The molecule has 3 heterocycles. The van der Waals surface area contributed by atoms with Crippen LogP contribution in [0.4, 0.5) is 0 Å². The number of hydrogen-bond donors (Lipinski definition) is 4. The predicted molar refractivity (Wildman–Crippen MR) is 146 cm³/mol. The van der Waals surface area contributed by atoms with E-state index in [0.29, 0.717) is 23.1 Å². The summed E-state index contributed by atoms with van der Waals surface area (Å²) in [6.45, 7) is 2.77. The van der Waals surface area contributed by atoms with Crippen molar-refractivity contribution < 1.29 is 9.59 Å². The lowest BCUT2D eigenvalue weighted by atomic mass is 9.95. The van der Waals surface area contributed by atoms with Crippen LogP contribution >= 0.6 is 11.6 Å². The Morgan fingerprint density at radius 3 is 2.62 bits per heavy atom. The zero-order valence-corrected chi connectivity index (χ0v) is 21.4. The molecule has 1 aliphatic heterocycles. The highest BCUT2D eigenvalue weighted by Gasteiger charge is 2.30. The van der Waals surface area contributed by atoms with Gasteiger partial charge in [0, 0.05) is 24.3 Å². The molecule has 5 rings (SSSR count). The van der Waals surface area contributed by atoms with Crippen molar-refractivity contribution in [1.29, 1.82) is 0 Å². The minimum absolute atomic E-state index is 0.147. The third-order valence-corrected chi connectivity index (χ3v) is 7.19. The normalized spacial score (nSPS) is 18.0. The van der Waals surface area contributed by atoms with Gasteiger partial charge in [-0.2, -0.15) is 0 Å². The Balaban J connectivity index is 1.08. The number of benzene rings is 2. The maximum Gasteiger partial charge on any atom is 0.242 e. The summed E-state index contributed by atoms with van der Waals surface area (Å²) in [5.74, 6) is -0.0291. The highest BCUT2D eigenvalue weighted by molar-refractivity contribution is 6.35. The number of nitrogens with zero attached hydrogens (tertiary/aromatic N) is 1. The van der Waals surface area contributed by atoms with Crippen molar-refractivity contribution in [3.05, 3.63) is 89.2 Å². The molecule has 2 aromatic carbocycles. The molecule has 2 amide bonds. The van der Waals surface area contributed by atoms with Crippen LogP contribution in [0.2, 0.25) is 5.02 Å². The Morgan fingerprint density at radius 1 is 1.08 bits per heavy atom. The fraction of sp³-hybridized carbons (Fsp3) is 0.276.